The third-order valence-electron chi connectivity index (χ3n) is 8.32. The molecule has 4 heteroatoms. The Morgan fingerprint density at radius 3 is 2.54 bits per heavy atom. The first-order chi connectivity index (χ1) is 17.2. The molecule has 7 rings (SSSR count). The Morgan fingerprint density at radius 2 is 1.66 bits per heavy atom. The Kier molecular flexibility index (Phi) is 4.85. The fourth-order valence-corrected chi connectivity index (χ4v) is 18.1. The first kappa shape index (κ1) is 21.0. The number of para-hydroxylation sites is 1. The second-order valence-corrected chi connectivity index (χ2v) is 19.9. The second kappa shape index (κ2) is 8.10. The summed E-state index contributed by atoms with van der Waals surface area (Å²) in [5, 5.41) is 16.0. The van der Waals surface area contributed by atoms with Crippen molar-refractivity contribution in [1.29, 1.82) is 5.26 Å². The molecule has 0 atom stereocenters. The van der Waals surface area contributed by atoms with Crippen LogP contribution < -0.4 is 4.40 Å². The van der Waals surface area contributed by atoms with E-state index >= 15 is 0 Å². The van der Waals surface area contributed by atoms with E-state index in [1.165, 1.54) is 41.4 Å². The number of hydrogen-bond donors (Lipinski definition) is 0. The zero-order chi connectivity index (χ0) is 23.4. The third kappa shape index (κ3) is 3.35. The number of rotatable bonds is 2. The molecule has 35 heavy (non-hydrogen) atoms. The summed E-state index contributed by atoms with van der Waals surface area (Å²) < 4.78 is 8.19. The van der Waals surface area contributed by atoms with Gasteiger partial charge < -0.3 is 0 Å². The molecule has 1 saturated heterocycles. The third-order valence-corrected chi connectivity index (χ3v) is 19.9. The molecule has 0 saturated carbocycles. The van der Waals surface area contributed by atoms with E-state index in [4.69, 9.17) is 9.40 Å². The Bertz CT molecular complexity index is 1650. The fourth-order valence-electron chi connectivity index (χ4n) is 6.60. The number of furan rings is 1. The summed E-state index contributed by atoms with van der Waals surface area (Å²) >= 11 is -1.88. The average Bonchev–Trinajstić information content (AvgIpc) is 3.53. The van der Waals surface area contributed by atoms with E-state index < -0.39 is 13.3 Å². The minimum absolute atomic E-state index is 0.663. The van der Waals surface area contributed by atoms with Crippen LogP contribution in [0.5, 0.6) is 0 Å². The van der Waals surface area contributed by atoms with Crippen molar-refractivity contribution >= 4 is 39.6 Å². The summed E-state index contributed by atoms with van der Waals surface area (Å²) in [7, 11) is 0. The van der Waals surface area contributed by atoms with Gasteiger partial charge in [0, 0.05) is 0 Å². The Balaban J connectivity index is 1.35. The number of hydrogen-bond acceptors (Lipinski definition) is 3. The van der Waals surface area contributed by atoms with Crippen LogP contribution in [0.2, 0.25) is 15.8 Å². The Labute approximate surface area is 207 Å². The maximum absolute atomic E-state index is 9.28. The van der Waals surface area contributed by atoms with Crippen molar-refractivity contribution in [3.05, 3.63) is 84.1 Å². The zero-order valence-electron chi connectivity index (χ0n) is 19.7. The summed E-state index contributed by atoms with van der Waals surface area (Å²) in [6.07, 6.45) is 7.68. The van der Waals surface area contributed by atoms with E-state index in [1.807, 2.05) is 24.3 Å². The molecule has 2 aliphatic rings. The summed E-state index contributed by atoms with van der Waals surface area (Å²) in [5.74, 6) is 0. The molecular weight excluding hydrogens is 489 g/mol. The Morgan fingerprint density at radius 1 is 0.829 bits per heavy atom. The molecule has 0 bridgehead atoms. The number of aromatic nitrogens is 1. The quantitative estimate of drug-likeness (QED) is 0.228. The molecule has 2 aromatic heterocycles. The van der Waals surface area contributed by atoms with Gasteiger partial charge in [0.15, 0.2) is 0 Å². The van der Waals surface area contributed by atoms with Crippen LogP contribution in [0.4, 0.5) is 0 Å². The molecule has 0 N–H and O–H groups in total. The van der Waals surface area contributed by atoms with Crippen LogP contribution in [0, 0.1) is 11.3 Å². The van der Waals surface area contributed by atoms with Crippen LogP contribution in [0.1, 0.15) is 30.4 Å². The van der Waals surface area contributed by atoms with E-state index in [0.29, 0.717) is 5.56 Å². The molecule has 2 aliphatic heterocycles. The summed E-state index contributed by atoms with van der Waals surface area (Å²) in [4.78, 5) is 5.04. The molecule has 0 unspecified atom stereocenters. The first-order valence-corrected chi connectivity index (χ1v) is 18.2. The fraction of sp³-hybridized carbons (Fsp3) is 0.226. The average molecular weight is 515 g/mol. The van der Waals surface area contributed by atoms with Crippen molar-refractivity contribution in [2.45, 2.75) is 41.4 Å². The van der Waals surface area contributed by atoms with Gasteiger partial charge in [0.2, 0.25) is 0 Å². The van der Waals surface area contributed by atoms with Crippen LogP contribution in [0.15, 0.2) is 77.3 Å². The molecule has 4 heterocycles. The van der Waals surface area contributed by atoms with Gasteiger partial charge in [-0.15, -0.1) is 0 Å². The van der Waals surface area contributed by atoms with Crippen LogP contribution in [-0.2, 0) is 6.42 Å². The van der Waals surface area contributed by atoms with Gasteiger partial charge in [-0.2, -0.15) is 5.26 Å². The van der Waals surface area contributed by atoms with Gasteiger partial charge in [0.05, 0.1) is 11.6 Å². The summed E-state index contributed by atoms with van der Waals surface area (Å²) in [6, 6.07) is 25.1. The standard InChI is InChI=1S/C31H26GeN2O/c33-19-21-6-3-7-22(16-21)23-11-12-25-26-9-4-10-27(31(26)35-30(25)18-23)29-17-24-8-5-15-32(13-1-2-14-32)28(24)20-34-29/h3-4,6-7,9-12,16-18,20H,1-2,5,8,13-15H2. The van der Waals surface area contributed by atoms with Crippen molar-refractivity contribution < 1.29 is 4.42 Å². The van der Waals surface area contributed by atoms with Crippen molar-refractivity contribution in [3.63, 3.8) is 0 Å². The van der Waals surface area contributed by atoms with Gasteiger partial charge in [-0.05, 0) is 6.07 Å². The Hall–Kier alpha value is -3.36. The molecule has 0 radical (unpaired) electrons. The molecule has 170 valence electrons. The van der Waals surface area contributed by atoms with E-state index in [1.54, 1.807) is 9.96 Å². The zero-order valence-corrected chi connectivity index (χ0v) is 21.8. The second-order valence-electron chi connectivity index (χ2n) is 10.3. The van der Waals surface area contributed by atoms with E-state index in [-0.39, 0.29) is 0 Å². The van der Waals surface area contributed by atoms with Crippen LogP contribution >= 0.6 is 0 Å². The molecule has 1 fully saturated rings. The van der Waals surface area contributed by atoms with E-state index in [0.717, 1.165) is 44.3 Å². The normalized spacial score (nSPS) is 16.5. The SMILES string of the molecule is N#Cc1cccc(-c2ccc3c(c2)oc2c(-c4cc5[c](cn4)[Ge]4([CH2]CC[CH2]4)[CH2]CC5)cccc23)c1. The van der Waals surface area contributed by atoms with Gasteiger partial charge in [-0.25, -0.2) is 0 Å². The van der Waals surface area contributed by atoms with Gasteiger partial charge in [-0.3, -0.25) is 0 Å². The van der Waals surface area contributed by atoms with Crippen molar-refractivity contribution in [2.75, 3.05) is 0 Å². The number of fused-ring (bicyclic) bond motifs is 5. The topological polar surface area (TPSA) is 49.8 Å². The van der Waals surface area contributed by atoms with Crippen LogP contribution in [0.25, 0.3) is 44.3 Å². The number of aryl methyl sites for hydroxylation is 1. The molecule has 3 aromatic carbocycles. The van der Waals surface area contributed by atoms with Crippen molar-refractivity contribution in [2.24, 2.45) is 0 Å². The molecule has 5 aromatic rings. The predicted molar refractivity (Wildman–Crippen MR) is 144 cm³/mol. The van der Waals surface area contributed by atoms with E-state index in [9.17, 15) is 5.26 Å². The van der Waals surface area contributed by atoms with Crippen LogP contribution in [0.3, 0.4) is 0 Å². The van der Waals surface area contributed by atoms with Crippen molar-refractivity contribution in [3.8, 4) is 28.5 Å². The maximum atomic E-state index is 9.28. The van der Waals surface area contributed by atoms with Gasteiger partial charge in [-0.1, -0.05) is 6.07 Å². The van der Waals surface area contributed by atoms with Gasteiger partial charge in [0.1, 0.15) is 0 Å². The monoisotopic (exact) mass is 516 g/mol. The predicted octanol–water partition coefficient (Wildman–Crippen LogP) is 7.58. The first-order valence-electron chi connectivity index (χ1n) is 12.7. The minimum atomic E-state index is -1.88. The molecular formula is C31H26GeN2O. The van der Waals surface area contributed by atoms with Gasteiger partial charge >= 0.3 is 179 Å². The van der Waals surface area contributed by atoms with E-state index in [2.05, 4.69) is 54.7 Å². The number of benzene rings is 3. The number of nitriles is 1. The number of nitrogens with zero attached hydrogens (tertiary/aromatic N) is 2. The molecule has 1 spiro atoms. The molecule has 0 aliphatic carbocycles. The van der Waals surface area contributed by atoms with Crippen molar-refractivity contribution in [1.82, 2.24) is 4.98 Å². The molecule has 3 nitrogen and oxygen atoms in total. The molecule has 0 amide bonds. The van der Waals surface area contributed by atoms with Gasteiger partial charge in [0.25, 0.3) is 0 Å². The summed E-state index contributed by atoms with van der Waals surface area (Å²) in [5.41, 5.74) is 8.19. The van der Waals surface area contributed by atoms with Crippen LogP contribution in [-0.4, -0.2) is 18.3 Å². The summed E-state index contributed by atoms with van der Waals surface area (Å²) in [6.45, 7) is 0. The number of pyridine rings is 1.